The molecule has 1 aromatic carbocycles. The highest BCUT2D eigenvalue weighted by atomic mass is 16.6. The molecule has 162 valence electrons. The number of methoxy groups -OCH3 is 1. The van der Waals surface area contributed by atoms with Crippen molar-refractivity contribution in [3.8, 4) is 5.75 Å². The zero-order valence-electron chi connectivity index (χ0n) is 17.4. The molecule has 4 fully saturated rings. The number of nitro groups is 1. The van der Waals surface area contributed by atoms with E-state index in [2.05, 4.69) is 17.0 Å². The summed E-state index contributed by atoms with van der Waals surface area (Å²) in [5.74, 6) is 1.37. The second kappa shape index (κ2) is 7.89. The van der Waals surface area contributed by atoms with Gasteiger partial charge in [0.15, 0.2) is 12.4 Å². The fourth-order valence-corrected chi connectivity index (χ4v) is 6.31. The average Bonchev–Trinajstić information content (AvgIpc) is 2.70. The Morgan fingerprint density at radius 1 is 1.20 bits per heavy atom. The number of rotatable bonds is 7. The minimum Gasteiger partial charge on any atom is -0.477 e. The molecular formula is C22H28N2O6. The van der Waals surface area contributed by atoms with Gasteiger partial charge in [0.2, 0.25) is 0 Å². The number of hydrogen-bond donors (Lipinski definition) is 1. The normalized spacial score (nSPS) is 29.9. The summed E-state index contributed by atoms with van der Waals surface area (Å²) in [6.07, 6.45) is 7.57. The van der Waals surface area contributed by atoms with Crippen molar-refractivity contribution >= 4 is 17.6 Å². The Balaban J connectivity index is 1.38. The molecule has 4 saturated carbocycles. The van der Waals surface area contributed by atoms with Gasteiger partial charge in [-0.2, -0.15) is 0 Å². The molecule has 1 atom stereocenters. The number of nitro benzene ring substituents is 1. The minimum absolute atomic E-state index is 0.0507. The summed E-state index contributed by atoms with van der Waals surface area (Å²) >= 11 is 0. The first-order valence-electron chi connectivity index (χ1n) is 10.6. The number of benzene rings is 1. The molecule has 0 heterocycles. The fraction of sp³-hybridized carbons (Fsp3) is 0.636. The Bertz CT molecular complexity index is 832. The molecule has 0 saturated heterocycles. The summed E-state index contributed by atoms with van der Waals surface area (Å²) in [6, 6.07) is 3.85. The molecule has 30 heavy (non-hydrogen) atoms. The number of nitrogens with zero attached hydrogens (tertiary/aromatic N) is 1. The van der Waals surface area contributed by atoms with Crippen LogP contribution in [0, 0.1) is 33.3 Å². The Hall–Kier alpha value is -2.64. The molecule has 1 aromatic rings. The van der Waals surface area contributed by atoms with Crippen molar-refractivity contribution in [1.29, 1.82) is 0 Å². The maximum Gasteiger partial charge on any atom is 0.338 e. The summed E-state index contributed by atoms with van der Waals surface area (Å²) in [4.78, 5) is 34.8. The van der Waals surface area contributed by atoms with Crippen LogP contribution in [0.2, 0.25) is 0 Å². The Kier molecular flexibility index (Phi) is 5.42. The van der Waals surface area contributed by atoms with Crippen LogP contribution in [0.1, 0.15) is 55.8 Å². The number of ether oxygens (including phenoxy) is 2. The lowest BCUT2D eigenvalue weighted by Crippen LogP contribution is -2.56. The predicted molar refractivity (Wildman–Crippen MR) is 108 cm³/mol. The minimum atomic E-state index is -0.674. The molecule has 0 unspecified atom stereocenters. The second-order valence-corrected chi connectivity index (χ2v) is 9.29. The van der Waals surface area contributed by atoms with Crippen molar-refractivity contribution in [2.24, 2.45) is 23.2 Å². The molecule has 4 aliphatic carbocycles. The third kappa shape index (κ3) is 3.87. The van der Waals surface area contributed by atoms with Crippen LogP contribution in [0.25, 0.3) is 0 Å². The smallest absolute Gasteiger partial charge is 0.338 e. The summed E-state index contributed by atoms with van der Waals surface area (Å²) in [5, 5.41) is 14.4. The maximum atomic E-state index is 12.5. The molecule has 0 aromatic heterocycles. The van der Waals surface area contributed by atoms with Crippen molar-refractivity contribution in [1.82, 2.24) is 5.32 Å². The van der Waals surface area contributed by atoms with E-state index in [0.717, 1.165) is 23.8 Å². The molecule has 5 rings (SSSR count). The zero-order valence-corrected chi connectivity index (χ0v) is 17.4. The molecule has 4 aliphatic rings. The molecule has 4 bridgehead atoms. The van der Waals surface area contributed by atoms with E-state index in [1.165, 1.54) is 57.8 Å². The van der Waals surface area contributed by atoms with Gasteiger partial charge in [-0.25, -0.2) is 4.79 Å². The highest BCUT2D eigenvalue weighted by molar-refractivity contribution is 5.90. The molecule has 8 heteroatoms. The zero-order chi connectivity index (χ0) is 21.5. The average molecular weight is 416 g/mol. The van der Waals surface area contributed by atoms with Crippen molar-refractivity contribution in [2.75, 3.05) is 13.7 Å². The van der Waals surface area contributed by atoms with Crippen LogP contribution in [0.4, 0.5) is 5.69 Å². The summed E-state index contributed by atoms with van der Waals surface area (Å²) < 4.78 is 10.0. The van der Waals surface area contributed by atoms with Crippen LogP contribution in [-0.2, 0) is 9.53 Å². The fourth-order valence-electron chi connectivity index (χ4n) is 6.31. The van der Waals surface area contributed by atoms with E-state index in [1.54, 1.807) is 0 Å². The highest BCUT2D eigenvalue weighted by Gasteiger charge is 2.53. The van der Waals surface area contributed by atoms with Crippen molar-refractivity contribution in [3.63, 3.8) is 0 Å². The van der Waals surface area contributed by atoms with E-state index in [-0.39, 0.29) is 41.0 Å². The lowest BCUT2D eigenvalue weighted by atomic mass is 9.48. The molecule has 0 aliphatic heterocycles. The summed E-state index contributed by atoms with van der Waals surface area (Å²) in [5.41, 5.74) is -0.144. The van der Waals surface area contributed by atoms with Gasteiger partial charge in [-0.3, -0.25) is 14.9 Å². The van der Waals surface area contributed by atoms with Crippen LogP contribution in [-0.4, -0.2) is 36.6 Å². The van der Waals surface area contributed by atoms with E-state index >= 15 is 0 Å². The van der Waals surface area contributed by atoms with Gasteiger partial charge < -0.3 is 14.8 Å². The van der Waals surface area contributed by atoms with Crippen LogP contribution >= 0.6 is 0 Å². The molecular weight excluding hydrogens is 388 g/mol. The number of carbonyl (C=O) groups is 2. The van der Waals surface area contributed by atoms with Gasteiger partial charge in [-0.05, 0) is 80.8 Å². The lowest BCUT2D eigenvalue weighted by Gasteiger charge is -2.59. The van der Waals surface area contributed by atoms with Gasteiger partial charge in [-0.15, -0.1) is 0 Å². The number of esters is 1. The van der Waals surface area contributed by atoms with Gasteiger partial charge in [0.25, 0.3) is 5.91 Å². The van der Waals surface area contributed by atoms with Gasteiger partial charge in [0.1, 0.15) is 0 Å². The van der Waals surface area contributed by atoms with Crippen LogP contribution in [0.5, 0.6) is 5.75 Å². The Morgan fingerprint density at radius 3 is 2.33 bits per heavy atom. The molecule has 0 spiro atoms. The SMILES string of the molecule is COC(=O)c1ccc(OCC(=O)N[C@H](C)C23CC4CC(CC(C4)C2)C3)c([N+](=O)[O-])c1. The standard InChI is InChI=1S/C22H28N2O6/c1-13(22-9-14-5-15(10-22)7-16(6-14)11-22)23-20(25)12-30-19-4-3-17(21(26)29-2)8-18(19)24(27)28/h3-4,8,13-16H,5-7,9-12H2,1-2H3,(H,23,25)/t13-,14?,15?,16?,22?/m1/s1. The van der Waals surface area contributed by atoms with Crippen LogP contribution in [0.3, 0.4) is 0 Å². The first kappa shape index (κ1) is 20.6. The second-order valence-electron chi connectivity index (χ2n) is 9.29. The van der Waals surface area contributed by atoms with Crippen molar-refractivity contribution < 1.29 is 24.0 Å². The maximum absolute atomic E-state index is 12.5. The van der Waals surface area contributed by atoms with E-state index < -0.39 is 10.9 Å². The molecule has 0 radical (unpaired) electrons. The third-order valence-electron chi connectivity index (χ3n) is 7.32. The van der Waals surface area contributed by atoms with Crippen molar-refractivity contribution in [3.05, 3.63) is 33.9 Å². The number of hydrogen-bond acceptors (Lipinski definition) is 6. The molecule has 1 N–H and O–H groups in total. The summed E-state index contributed by atoms with van der Waals surface area (Å²) in [6.45, 7) is 1.77. The first-order valence-corrected chi connectivity index (χ1v) is 10.6. The highest BCUT2D eigenvalue weighted by Crippen LogP contribution is 2.61. The topological polar surface area (TPSA) is 108 Å². The van der Waals surface area contributed by atoms with Gasteiger partial charge in [-0.1, -0.05) is 0 Å². The number of nitrogens with one attached hydrogen (secondary N) is 1. The number of amides is 1. The molecule has 8 nitrogen and oxygen atoms in total. The van der Waals surface area contributed by atoms with Gasteiger partial charge in [0.05, 0.1) is 17.6 Å². The number of carbonyl (C=O) groups excluding carboxylic acids is 2. The Labute approximate surface area is 175 Å². The van der Waals surface area contributed by atoms with Crippen molar-refractivity contribution in [2.45, 2.75) is 51.5 Å². The monoisotopic (exact) mass is 416 g/mol. The van der Waals surface area contributed by atoms with Gasteiger partial charge in [0, 0.05) is 12.1 Å². The predicted octanol–water partition coefficient (Wildman–Crippen LogP) is 3.48. The van der Waals surface area contributed by atoms with E-state index in [9.17, 15) is 19.7 Å². The quantitative estimate of drug-likeness (QED) is 0.414. The molecule has 1 amide bonds. The first-order chi connectivity index (χ1) is 14.3. The van der Waals surface area contributed by atoms with Crippen LogP contribution in [0.15, 0.2) is 18.2 Å². The van der Waals surface area contributed by atoms with Gasteiger partial charge >= 0.3 is 11.7 Å². The van der Waals surface area contributed by atoms with E-state index in [0.29, 0.717) is 0 Å². The lowest BCUT2D eigenvalue weighted by molar-refractivity contribution is -0.385. The van der Waals surface area contributed by atoms with E-state index in [1.807, 2.05) is 0 Å². The Morgan fingerprint density at radius 2 is 1.80 bits per heavy atom. The summed E-state index contributed by atoms with van der Waals surface area (Å²) in [7, 11) is 1.20. The largest absolute Gasteiger partial charge is 0.477 e. The third-order valence-corrected chi connectivity index (χ3v) is 7.32. The van der Waals surface area contributed by atoms with Crippen LogP contribution < -0.4 is 10.1 Å². The van der Waals surface area contributed by atoms with E-state index in [4.69, 9.17) is 4.74 Å².